The molecule has 0 bridgehead atoms. The molecule has 1 atom stereocenters. The highest BCUT2D eigenvalue weighted by Crippen LogP contribution is 2.04. The molecule has 0 saturated heterocycles. The van der Waals surface area contributed by atoms with Crippen molar-refractivity contribution in [3.05, 3.63) is 0 Å². The van der Waals surface area contributed by atoms with E-state index in [0.717, 1.165) is 0 Å². The van der Waals surface area contributed by atoms with Crippen LogP contribution in [0.4, 0.5) is 0 Å². The lowest BCUT2D eigenvalue weighted by molar-refractivity contribution is -0.159. The van der Waals surface area contributed by atoms with E-state index >= 15 is 0 Å². The molecule has 0 aliphatic carbocycles. The first-order chi connectivity index (χ1) is 7.51. The van der Waals surface area contributed by atoms with Crippen molar-refractivity contribution in [2.24, 2.45) is 0 Å². The van der Waals surface area contributed by atoms with Gasteiger partial charge in [-0.3, -0.25) is 9.59 Å². The monoisotopic (exact) mass is 234 g/mol. The van der Waals surface area contributed by atoms with E-state index in [1.807, 2.05) is 0 Å². The van der Waals surface area contributed by atoms with Crippen molar-refractivity contribution in [3.8, 4) is 0 Å². The highest BCUT2D eigenvalue weighted by atomic mass is 16.7. The van der Waals surface area contributed by atoms with Gasteiger partial charge in [-0.05, 0) is 13.8 Å². The van der Waals surface area contributed by atoms with Crippen molar-refractivity contribution in [1.82, 2.24) is 0 Å². The lowest BCUT2D eigenvalue weighted by Gasteiger charge is -2.15. The predicted molar refractivity (Wildman–Crippen MR) is 54.7 cm³/mol. The quantitative estimate of drug-likeness (QED) is 0.465. The van der Waals surface area contributed by atoms with Crippen molar-refractivity contribution in [2.45, 2.75) is 32.5 Å². The molecule has 0 aromatic rings. The fourth-order valence-electron chi connectivity index (χ4n) is 0.980. The van der Waals surface area contributed by atoms with Crippen LogP contribution in [-0.2, 0) is 23.8 Å². The summed E-state index contributed by atoms with van der Waals surface area (Å²) in [5, 5.41) is 8.68. The number of methoxy groups -OCH3 is 1. The van der Waals surface area contributed by atoms with E-state index in [4.69, 9.17) is 14.6 Å². The first-order valence-corrected chi connectivity index (χ1v) is 4.94. The lowest BCUT2D eigenvalue weighted by Crippen LogP contribution is -2.31. The molecule has 0 aromatic carbocycles. The maximum Gasteiger partial charge on any atom is 0.309 e. The first kappa shape index (κ1) is 15.0. The zero-order chi connectivity index (χ0) is 12.6. The van der Waals surface area contributed by atoms with Gasteiger partial charge in [0, 0.05) is 7.11 Å². The van der Waals surface area contributed by atoms with Crippen LogP contribution < -0.4 is 0 Å². The first-order valence-electron chi connectivity index (χ1n) is 4.94. The van der Waals surface area contributed by atoms with E-state index in [1.165, 1.54) is 7.11 Å². The van der Waals surface area contributed by atoms with Crippen LogP contribution in [0.3, 0.4) is 0 Å². The molecule has 6 heteroatoms. The largest absolute Gasteiger partial charge is 0.463 e. The summed E-state index contributed by atoms with van der Waals surface area (Å²) in [5.41, 5.74) is 0. The third kappa shape index (κ3) is 6.49. The molecule has 16 heavy (non-hydrogen) atoms. The number of aliphatic hydroxyl groups excluding tert-OH is 1. The average Bonchev–Trinajstić information content (AvgIpc) is 2.21. The third-order valence-corrected chi connectivity index (χ3v) is 1.62. The molecule has 1 unspecified atom stereocenters. The van der Waals surface area contributed by atoms with Gasteiger partial charge in [-0.15, -0.1) is 0 Å². The molecule has 6 nitrogen and oxygen atoms in total. The molecule has 0 aliphatic heterocycles. The Hall–Kier alpha value is -0.980. The second kappa shape index (κ2) is 8.20. The molecule has 0 saturated carbocycles. The van der Waals surface area contributed by atoms with Gasteiger partial charge in [-0.25, -0.2) is 0 Å². The van der Waals surface area contributed by atoms with Gasteiger partial charge in [0.25, 0.3) is 0 Å². The van der Waals surface area contributed by atoms with Gasteiger partial charge in [0.05, 0.1) is 12.5 Å². The lowest BCUT2D eigenvalue weighted by atomic mass is 10.2. The van der Waals surface area contributed by atoms with Crippen LogP contribution in [0, 0.1) is 0 Å². The highest BCUT2D eigenvalue weighted by molar-refractivity contribution is 5.88. The normalized spacial score (nSPS) is 12.6. The second-order valence-electron chi connectivity index (χ2n) is 3.43. The van der Waals surface area contributed by atoms with Crippen LogP contribution in [-0.4, -0.2) is 49.6 Å². The smallest absolute Gasteiger partial charge is 0.309 e. The minimum atomic E-state index is -1.02. The number of carbonyl (C=O) groups excluding carboxylic acids is 2. The molecule has 0 spiro atoms. The van der Waals surface area contributed by atoms with Gasteiger partial charge in [-0.2, -0.15) is 0 Å². The standard InChI is InChI=1S/C10H18O6/c1-7(2)16-10(13)4-9(8(12)5-11)15-6-14-3/h7,9,11H,4-6H2,1-3H3. The van der Waals surface area contributed by atoms with Crippen LogP contribution in [0.2, 0.25) is 0 Å². The minimum Gasteiger partial charge on any atom is -0.463 e. The summed E-state index contributed by atoms with van der Waals surface area (Å²) < 4.78 is 14.4. The summed E-state index contributed by atoms with van der Waals surface area (Å²) in [6.45, 7) is 2.61. The topological polar surface area (TPSA) is 82.1 Å². The summed E-state index contributed by atoms with van der Waals surface area (Å²) in [7, 11) is 1.40. The number of Topliss-reactive ketones (excluding diaryl/α,β-unsaturated/α-hetero) is 1. The van der Waals surface area contributed by atoms with E-state index in [0.29, 0.717) is 0 Å². The van der Waals surface area contributed by atoms with Crippen molar-refractivity contribution >= 4 is 11.8 Å². The maximum atomic E-state index is 11.3. The van der Waals surface area contributed by atoms with Crippen molar-refractivity contribution in [1.29, 1.82) is 0 Å². The Morgan fingerprint density at radius 1 is 1.31 bits per heavy atom. The Balaban J connectivity index is 4.19. The molecule has 0 rings (SSSR count). The number of aliphatic hydroxyl groups is 1. The molecule has 0 heterocycles. The fraction of sp³-hybridized carbons (Fsp3) is 0.800. The number of ether oxygens (including phenoxy) is 3. The average molecular weight is 234 g/mol. The maximum absolute atomic E-state index is 11.3. The van der Waals surface area contributed by atoms with Gasteiger partial charge < -0.3 is 19.3 Å². The Labute approximate surface area is 94.5 Å². The summed E-state index contributed by atoms with van der Waals surface area (Å²) in [6, 6.07) is 0. The third-order valence-electron chi connectivity index (χ3n) is 1.62. The number of hydrogen-bond donors (Lipinski definition) is 1. The van der Waals surface area contributed by atoms with E-state index in [2.05, 4.69) is 4.74 Å². The SMILES string of the molecule is COCOC(CC(=O)OC(C)C)C(=O)CO. The van der Waals surface area contributed by atoms with Crippen molar-refractivity contribution in [2.75, 3.05) is 20.5 Å². The minimum absolute atomic E-state index is 0.120. The zero-order valence-electron chi connectivity index (χ0n) is 9.76. The zero-order valence-corrected chi connectivity index (χ0v) is 9.76. The summed E-state index contributed by atoms with van der Waals surface area (Å²) in [5.74, 6) is -1.12. The number of carbonyl (C=O) groups is 2. The van der Waals surface area contributed by atoms with E-state index in [1.54, 1.807) is 13.8 Å². The fourth-order valence-corrected chi connectivity index (χ4v) is 0.980. The van der Waals surface area contributed by atoms with Crippen molar-refractivity contribution < 1.29 is 28.9 Å². The molecular weight excluding hydrogens is 216 g/mol. The van der Waals surface area contributed by atoms with Gasteiger partial charge in [0.1, 0.15) is 19.5 Å². The van der Waals surface area contributed by atoms with Gasteiger partial charge >= 0.3 is 5.97 Å². The van der Waals surface area contributed by atoms with Gasteiger partial charge in [0.2, 0.25) is 0 Å². The number of hydrogen-bond acceptors (Lipinski definition) is 6. The number of ketones is 1. The van der Waals surface area contributed by atoms with Crippen LogP contribution in [0.15, 0.2) is 0 Å². The van der Waals surface area contributed by atoms with E-state index in [-0.39, 0.29) is 19.3 Å². The molecule has 1 N–H and O–H groups in total. The summed E-state index contributed by atoms with van der Waals surface area (Å²) >= 11 is 0. The molecule has 0 aromatic heterocycles. The van der Waals surface area contributed by atoms with Gasteiger partial charge in [0.15, 0.2) is 5.78 Å². The van der Waals surface area contributed by atoms with Gasteiger partial charge in [-0.1, -0.05) is 0 Å². The summed E-state index contributed by atoms with van der Waals surface area (Å²) in [6.07, 6.45) is -1.49. The summed E-state index contributed by atoms with van der Waals surface area (Å²) in [4.78, 5) is 22.5. The van der Waals surface area contributed by atoms with Crippen LogP contribution >= 0.6 is 0 Å². The Morgan fingerprint density at radius 2 is 1.94 bits per heavy atom. The van der Waals surface area contributed by atoms with Crippen molar-refractivity contribution in [3.63, 3.8) is 0 Å². The highest BCUT2D eigenvalue weighted by Gasteiger charge is 2.23. The number of rotatable bonds is 8. The van der Waals surface area contributed by atoms with E-state index < -0.39 is 24.5 Å². The number of esters is 1. The van der Waals surface area contributed by atoms with E-state index in [9.17, 15) is 9.59 Å². The van der Waals surface area contributed by atoms with Crippen LogP contribution in [0.5, 0.6) is 0 Å². The van der Waals surface area contributed by atoms with Crippen LogP contribution in [0.25, 0.3) is 0 Å². The molecular formula is C10H18O6. The molecule has 0 fully saturated rings. The Morgan fingerprint density at radius 3 is 2.38 bits per heavy atom. The Bertz CT molecular complexity index is 225. The molecule has 0 amide bonds. The molecule has 0 radical (unpaired) electrons. The molecule has 0 aliphatic rings. The Kier molecular flexibility index (Phi) is 7.70. The molecule has 94 valence electrons. The second-order valence-corrected chi connectivity index (χ2v) is 3.43. The van der Waals surface area contributed by atoms with Crippen LogP contribution in [0.1, 0.15) is 20.3 Å². The predicted octanol–water partition coefficient (Wildman–Crippen LogP) is -0.121.